The lowest BCUT2D eigenvalue weighted by Crippen LogP contribution is -2.30. The van der Waals surface area contributed by atoms with Crippen molar-refractivity contribution in [3.05, 3.63) is 63.7 Å². The van der Waals surface area contributed by atoms with Gasteiger partial charge in [-0.3, -0.25) is 10.1 Å². The Kier molecular flexibility index (Phi) is 6.64. The van der Waals surface area contributed by atoms with Crippen LogP contribution >= 0.6 is 35.6 Å². The third-order valence-corrected chi connectivity index (χ3v) is 4.32. The number of nitrogens with one attached hydrogen (secondary N) is 2. The molecule has 0 aromatic heterocycles. The molecule has 0 aliphatic rings. The van der Waals surface area contributed by atoms with Gasteiger partial charge in [-0.1, -0.05) is 11.6 Å². The number of benzene rings is 2. The number of hydrogen-bond acceptors (Lipinski definition) is 4. The van der Waals surface area contributed by atoms with Crippen molar-refractivity contribution in [2.45, 2.75) is 4.90 Å². The Labute approximate surface area is 148 Å². The van der Waals surface area contributed by atoms with Crippen molar-refractivity contribution in [2.75, 3.05) is 17.6 Å². The summed E-state index contributed by atoms with van der Waals surface area (Å²) in [5.74, 6) is 0.851. The van der Waals surface area contributed by atoms with Crippen molar-refractivity contribution < 1.29 is 4.92 Å². The van der Waals surface area contributed by atoms with Crippen LogP contribution in [0.15, 0.2) is 53.4 Å². The van der Waals surface area contributed by atoms with Crippen molar-refractivity contribution in [3.8, 4) is 0 Å². The van der Waals surface area contributed by atoms with Gasteiger partial charge in [0.25, 0.3) is 5.69 Å². The summed E-state index contributed by atoms with van der Waals surface area (Å²) in [6.45, 7) is 0.701. The number of hydrogen-bond donors (Lipinski definition) is 2. The fourth-order valence-electron chi connectivity index (χ4n) is 1.71. The zero-order valence-electron chi connectivity index (χ0n) is 12.0. The number of nitro benzene ring substituents is 1. The SMILES string of the molecule is O=[N+]([O-])c1ccc(NC(=S)NCCSc2ccc(Cl)cc2)cc1. The molecule has 0 saturated heterocycles. The van der Waals surface area contributed by atoms with Crippen LogP contribution in [0.3, 0.4) is 0 Å². The van der Waals surface area contributed by atoms with E-state index in [1.165, 1.54) is 12.1 Å². The Hall–Kier alpha value is -1.83. The van der Waals surface area contributed by atoms with Gasteiger partial charge in [0.1, 0.15) is 0 Å². The number of nitrogens with zero attached hydrogens (tertiary/aromatic N) is 1. The molecule has 0 bridgehead atoms. The number of anilines is 1. The molecule has 5 nitrogen and oxygen atoms in total. The van der Waals surface area contributed by atoms with Crippen LogP contribution in [0.25, 0.3) is 0 Å². The van der Waals surface area contributed by atoms with E-state index in [9.17, 15) is 10.1 Å². The highest BCUT2D eigenvalue weighted by Gasteiger charge is 2.04. The summed E-state index contributed by atoms with van der Waals surface area (Å²) < 4.78 is 0. The van der Waals surface area contributed by atoms with E-state index in [1.807, 2.05) is 24.3 Å². The van der Waals surface area contributed by atoms with Crippen molar-refractivity contribution >= 4 is 52.1 Å². The van der Waals surface area contributed by atoms with E-state index in [2.05, 4.69) is 10.6 Å². The average Bonchev–Trinajstić information content (AvgIpc) is 2.54. The molecule has 0 radical (unpaired) electrons. The number of rotatable bonds is 6. The molecule has 0 aliphatic heterocycles. The van der Waals surface area contributed by atoms with E-state index in [4.69, 9.17) is 23.8 Å². The molecule has 2 aromatic carbocycles. The Morgan fingerprint density at radius 2 is 1.83 bits per heavy atom. The minimum Gasteiger partial charge on any atom is -0.362 e. The highest BCUT2D eigenvalue weighted by Crippen LogP contribution is 2.19. The Morgan fingerprint density at radius 1 is 1.17 bits per heavy atom. The van der Waals surface area contributed by atoms with Crippen LogP contribution < -0.4 is 10.6 Å². The number of nitro groups is 1. The zero-order chi connectivity index (χ0) is 16.7. The second-order valence-electron chi connectivity index (χ2n) is 4.49. The molecule has 0 atom stereocenters. The minimum absolute atomic E-state index is 0.0498. The van der Waals surface area contributed by atoms with Gasteiger partial charge in [-0.25, -0.2) is 0 Å². The highest BCUT2D eigenvalue weighted by atomic mass is 35.5. The van der Waals surface area contributed by atoms with Crippen molar-refractivity contribution in [1.82, 2.24) is 5.32 Å². The molecular formula is C15H14ClN3O2S2. The number of halogens is 1. The summed E-state index contributed by atoms with van der Waals surface area (Å²) in [6.07, 6.45) is 0. The van der Waals surface area contributed by atoms with Crippen molar-refractivity contribution in [2.24, 2.45) is 0 Å². The lowest BCUT2D eigenvalue weighted by Gasteiger charge is -2.10. The van der Waals surface area contributed by atoms with Gasteiger partial charge in [0.2, 0.25) is 0 Å². The maximum Gasteiger partial charge on any atom is 0.269 e. The van der Waals surface area contributed by atoms with Gasteiger partial charge in [-0.05, 0) is 48.6 Å². The molecule has 2 rings (SSSR count). The second kappa shape index (κ2) is 8.71. The summed E-state index contributed by atoms with van der Waals surface area (Å²) >= 11 is 12.7. The Morgan fingerprint density at radius 3 is 2.43 bits per heavy atom. The van der Waals surface area contributed by atoms with Gasteiger partial charge in [-0.2, -0.15) is 0 Å². The molecule has 23 heavy (non-hydrogen) atoms. The smallest absolute Gasteiger partial charge is 0.269 e. The molecule has 0 aliphatic carbocycles. The van der Waals surface area contributed by atoms with Gasteiger partial charge in [0.05, 0.1) is 4.92 Å². The maximum absolute atomic E-state index is 10.6. The van der Waals surface area contributed by atoms with E-state index in [1.54, 1.807) is 23.9 Å². The highest BCUT2D eigenvalue weighted by molar-refractivity contribution is 7.99. The van der Waals surface area contributed by atoms with E-state index >= 15 is 0 Å². The molecule has 0 fully saturated rings. The van der Waals surface area contributed by atoms with Gasteiger partial charge in [-0.15, -0.1) is 11.8 Å². The first-order chi connectivity index (χ1) is 11.0. The molecule has 0 amide bonds. The minimum atomic E-state index is -0.436. The summed E-state index contributed by atoms with van der Waals surface area (Å²) in [4.78, 5) is 11.3. The van der Waals surface area contributed by atoms with E-state index in [0.29, 0.717) is 17.3 Å². The van der Waals surface area contributed by atoms with Crippen LogP contribution in [-0.4, -0.2) is 22.3 Å². The predicted molar refractivity (Wildman–Crippen MR) is 99.5 cm³/mol. The first-order valence-corrected chi connectivity index (χ1v) is 8.49. The number of thioether (sulfide) groups is 1. The number of thiocarbonyl (C=S) groups is 1. The molecule has 120 valence electrons. The molecular weight excluding hydrogens is 354 g/mol. The monoisotopic (exact) mass is 367 g/mol. The molecule has 8 heteroatoms. The summed E-state index contributed by atoms with van der Waals surface area (Å²) in [5, 5.41) is 17.9. The lowest BCUT2D eigenvalue weighted by atomic mass is 10.3. The van der Waals surface area contributed by atoms with Gasteiger partial charge >= 0.3 is 0 Å². The van der Waals surface area contributed by atoms with Crippen LogP contribution in [0.4, 0.5) is 11.4 Å². The fourth-order valence-corrected chi connectivity index (χ4v) is 2.82. The molecule has 2 aromatic rings. The zero-order valence-corrected chi connectivity index (χ0v) is 14.4. The van der Waals surface area contributed by atoms with E-state index < -0.39 is 4.92 Å². The molecule has 0 saturated carbocycles. The summed E-state index contributed by atoms with van der Waals surface area (Å²) in [6, 6.07) is 13.8. The lowest BCUT2D eigenvalue weighted by molar-refractivity contribution is -0.384. The Bertz CT molecular complexity index is 678. The first kappa shape index (κ1) is 17.5. The molecule has 0 spiro atoms. The standard InChI is InChI=1S/C15H14ClN3O2S2/c16-11-1-7-14(8-2-11)23-10-9-17-15(22)18-12-3-5-13(6-4-12)19(20)21/h1-8H,9-10H2,(H2,17,18,22). The summed E-state index contributed by atoms with van der Waals surface area (Å²) in [7, 11) is 0. The molecule has 0 unspecified atom stereocenters. The normalized spacial score (nSPS) is 10.1. The molecule has 2 N–H and O–H groups in total. The summed E-state index contributed by atoms with van der Waals surface area (Å²) in [5.41, 5.74) is 0.757. The predicted octanol–water partition coefficient (Wildman–Crippen LogP) is 4.33. The van der Waals surface area contributed by atoms with Crippen molar-refractivity contribution in [1.29, 1.82) is 0 Å². The van der Waals surface area contributed by atoms with Crippen LogP contribution in [0.1, 0.15) is 0 Å². The van der Waals surface area contributed by atoms with E-state index in [-0.39, 0.29) is 5.69 Å². The van der Waals surface area contributed by atoms with Gasteiger partial charge < -0.3 is 10.6 Å². The molecule has 0 heterocycles. The van der Waals surface area contributed by atoms with Crippen LogP contribution in [-0.2, 0) is 0 Å². The van der Waals surface area contributed by atoms with Crippen molar-refractivity contribution in [3.63, 3.8) is 0 Å². The van der Waals surface area contributed by atoms with Gasteiger partial charge in [0, 0.05) is 40.0 Å². The third kappa shape index (κ3) is 6.05. The van der Waals surface area contributed by atoms with Gasteiger partial charge in [0.15, 0.2) is 5.11 Å². The number of non-ortho nitro benzene ring substituents is 1. The van der Waals surface area contributed by atoms with Crippen LogP contribution in [0.5, 0.6) is 0 Å². The van der Waals surface area contributed by atoms with Crippen LogP contribution in [0, 0.1) is 10.1 Å². The van der Waals surface area contributed by atoms with Crippen LogP contribution in [0.2, 0.25) is 5.02 Å². The first-order valence-electron chi connectivity index (χ1n) is 6.72. The van der Waals surface area contributed by atoms with E-state index in [0.717, 1.165) is 15.7 Å². The largest absolute Gasteiger partial charge is 0.362 e. The quantitative estimate of drug-likeness (QED) is 0.260. The third-order valence-electron chi connectivity index (χ3n) is 2.81. The fraction of sp³-hybridized carbons (Fsp3) is 0.133. The topological polar surface area (TPSA) is 67.2 Å². The second-order valence-corrected chi connectivity index (χ2v) is 6.50. The maximum atomic E-state index is 10.6. The average molecular weight is 368 g/mol. The Balaban J connectivity index is 1.70.